The molecule has 1 aromatic carbocycles. The number of anilines is 2. The van der Waals surface area contributed by atoms with Crippen LogP contribution in [0.25, 0.3) is 0 Å². The van der Waals surface area contributed by atoms with Crippen molar-refractivity contribution in [3.8, 4) is 0 Å². The van der Waals surface area contributed by atoms with Crippen molar-refractivity contribution in [1.29, 1.82) is 0 Å². The van der Waals surface area contributed by atoms with Gasteiger partial charge in [0.1, 0.15) is 11.6 Å². The van der Waals surface area contributed by atoms with Crippen LogP contribution < -0.4 is 11.1 Å². The zero-order valence-electron chi connectivity index (χ0n) is 9.36. The molecular weight excluding hydrogens is 217 g/mol. The molecule has 2 aromatic rings. The predicted octanol–water partition coefficient (Wildman–Crippen LogP) is 2.46. The molecule has 2 rings (SSSR count). The van der Waals surface area contributed by atoms with Crippen LogP contribution in [0.15, 0.2) is 42.6 Å². The van der Waals surface area contributed by atoms with Gasteiger partial charge in [-0.15, -0.1) is 0 Å². The van der Waals surface area contributed by atoms with Gasteiger partial charge in [-0.05, 0) is 30.2 Å². The Morgan fingerprint density at radius 1 is 1.18 bits per heavy atom. The van der Waals surface area contributed by atoms with Crippen LogP contribution >= 0.6 is 0 Å². The van der Waals surface area contributed by atoms with Crippen molar-refractivity contribution in [2.24, 2.45) is 0 Å². The molecule has 4 heteroatoms. The Morgan fingerprint density at radius 3 is 2.76 bits per heavy atom. The minimum atomic E-state index is -0.178. The number of benzene rings is 1. The Kier molecular flexibility index (Phi) is 3.55. The molecule has 0 radical (unpaired) electrons. The Hall–Kier alpha value is -2.10. The monoisotopic (exact) mass is 231 g/mol. The van der Waals surface area contributed by atoms with Gasteiger partial charge in [0.15, 0.2) is 0 Å². The number of halogens is 1. The molecule has 0 saturated heterocycles. The normalized spacial score (nSPS) is 10.2. The van der Waals surface area contributed by atoms with Crippen LogP contribution in [0.3, 0.4) is 0 Å². The zero-order valence-corrected chi connectivity index (χ0v) is 9.36. The molecular formula is C13H14FN3. The Bertz CT molecular complexity index is 454. The van der Waals surface area contributed by atoms with Crippen LogP contribution in [0.1, 0.15) is 5.56 Å². The highest BCUT2D eigenvalue weighted by molar-refractivity contribution is 5.60. The van der Waals surface area contributed by atoms with E-state index in [0.717, 1.165) is 0 Å². The third-order valence-electron chi connectivity index (χ3n) is 2.48. The fourth-order valence-electron chi connectivity index (χ4n) is 1.58. The second-order valence-corrected chi connectivity index (χ2v) is 3.71. The van der Waals surface area contributed by atoms with Crippen molar-refractivity contribution >= 4 is 11.5 Å². The Balaban J connectivity index is 1.93. The second-order valence-electron chi connectivity index (χ2n) is 3.71. The summed E-state index contributed by atoms with van der Waals surface area (Å²) in [6, 6.07) is 10.3. The van der Waals surface area contributed by atoms with Crippen molar-refractivity contribution in [2.45, 2.75) is 6.42 Å². The van der Waals surface area contributed by atoms with Gasteiger partial charge in [-0.1, -0.05) is 18.2 Å². The van der Waals surface area contributed by atoms with E-state index in [1.807, 2.05) is 6.07 Å². The number of hydrogen-bond donors (Lipinski definition) is 2. The van der Waals surface area contributed by atoms with E-state index in [9.17, 15) is 4.39 Å². The third kappa shape index (κ3) is 2.93. The highest BCUT2D eigenvalue weighted by Gasteiger charge is 2.01. The molecule has 0 bridgehead atoms. The van der Waals surface area contributed by atoms with Gasteiger partial charge in [0, 0.05) is 12.7 Å². The first-order valence-electron chi connectivity index (χ1n) is 5.45. The van der Waals surface area contributed by atoms with E-state index in [-0.39, 0.29) is 5.82 Å². The summed E-state index contributed by atoms with van der Waals surface area (Å²) in [6.45, 7) is 0.599. The van der Waals surface area contributed by atoms with Crippen molar-refractivity contribution < 1.29 is 4.39 Å². The lowest BCUT2D eigenvalue weighted by molar-refractivity contribution is 0.610. The third-order valence-corrected chi connectivity index (χ3v) is 2.48. The molecule has 88 valence electrons. The lowest BCUT2D eigenvalue weighted by Gasteiger charge is -2.08. The molecule has 0 amide bonds. The average Bonchev–Trinajstić information content (AvgIpc) is 2.34. The molecule has 1 heterocycles. The van der Waals surface area contributed by atoms with E-state index in [1.165, 1.54) is 6.07 Å². The van der Waals surface area contributed by atoms with Gasteiger partial charge in [-0.2, -0.15) is 0 Å². The summed E-state index contributed by atoms with van der Waals surface area (Å²) >= 11 is 0. The Labute approximate surface area is 99.5 Å². The maximum Gasteiger partial charge on any atom is 0.149 e. The van der Waals surface area contributed by atoms with Gasteiger partial charge in [0.05, 0.1) is 5.69 Å². The van der Waals surface area contributed by atoms with Gasteiger partial charge < -0.3 is 11.1 Å². The molecule has 3 N–H and O–H groups in total. The summed E-state index contributed by atoms with van der Waals surface area (Å²) in [5, 5.41) is 3.09. The van der Waals surface area contributed by atoms with E-state index in [1.54, 1.807) is 30.5 Å². The minimum absolute atomic E-state index is 0.178. The topological polar surface area (TPSA) is 50.9 Å². The molecule has 1 aromatic heterocycles. The average molecular weight is 231 g/mol. The van der Waals surface area contributed by atoms with Crippen LogP contribution in [0.5, 0.6) is 0 Å². The SMILES string of the molecule is Nc1cccnc1NCCc1ccccc1F. The predicted molar refractivity (Wildman–Crippen MR) is 67.2 cm³/mol. The summed E-state index contributed by atoms with van der Waals surface area (Å²) < 4.78 is 13.3. The summed E-state index contributed by atoms with van der Waals surface area (Å²) in [5.41, 5.74) is 7.02. The number of nitrogens with zero attached hydrogens (tertiary/aromatic N) is 1. The number of nitrogen functional groups attached to an aromatic ring is 1. The van der Waals surface area contributed by atoms with Crippen LogP contribution in [0.2, 0.25) is 0 Å². The van der Waals surface area contributed by atoms with Gasteiger partial charge in [-0.3, -0.25) is 0 Å². The first-order chi connectivity index (χ1) is 8.27. The van der Waals surface area contributed by atoms with E-state index in [4.69, 9.17) is 5.73 Å². The van der Waals surface area contributed by atoms with Gasteiger partial charge in [0.2, 0.25) is 0 Å². The zero-order chi connectivity index (χ0) is 12.1. The van der Waals surface area contributed by atoms with Gasteiger partial charge in [0.25, 0.3) is 0 Å². The Morgan fingerprint density at radius 2 is 2.00 bits per heavy atom. The molecule has 3 nitrogen and oxygen atoms in total. The lowest BCUT2D eigenvalue weighted by Crippen LogP contribution is -2.09. The summed E-state index contributed by atoms with van der Waals surface area (Å²) in [5.74, 6) is 0.465. The molecule has 0 saturated carbocycles. The number of rotatable bonds is 4. The maximum atomic E-state index is 13.3. The molecule has 0 aliphatic heterocycles. The van der Waals surface area contributed by atoms with Crippen molar-refractivity contribution in [3.63, 3.8) is 0 Å². The van der Waals surface area contributed by atoms with Crippen LogP contribution in [-0.2, 0) is 6.42 Å². The van der Waals surface area contributed by atoms with Crippen LogP contribution in [0.4, 0.5) is 15.9 Å². The second kappa shape index (κ2) is 5.30. The highest BCUT2D eigenvalue weighted by atomic mass is 19.1. The van der Waals surface area contributed by atoms with Crippen molar-refractivity contribution in [1.82, 2.24) is 4.98 Å². The van der Waals surface area contributed by atoms with Crippen LogP contribution in [-0.4, -0.2) is 11.5 Å². The lowest BCUT2D eigenvalue weighted by atomic mass is 10.1. The number of nitrogens with one attached hydrogen (secondary N) is 1. The first kappa shape index (κ1) is 11.4. The van der Waals surface area contributed by atoms with Crippen molar-refractivity contribution in [2.75, 3.05) is 17.6 Å². The van der Waals surface area contributed by atoms with Gasteiger partial charge in [-0.25, -0.2) is 9.37 Å². The number of nitrogens with two attached hydrogens (primary N) is 1. The quantitative estimate of drug-likeness (QED) is 0.849. The van der Waals surface area contributed by atoms with Crippen molar-refractivity contribution in [3.05, 3.63) is 54.0 Å². The van der Waals surface area contributed by atoms with Crippen LogP contribution in [0, 0.1) is 5.82 Å². The molecule has 0 spiro atoms. The fraction of sp³-hybridized carbons (Fsp3) is 0.154. The summed E-state index contributed by atoms with van der Waals surface area (Å²) in [7, 11) is 0. The number of pyridine rings is 1. The van der Waals surface area contributed by atoms with E-state index in [0.29, 0.717) is 30.0 Å². The smallest absolute Gasteiger partial charge is 0.149 e. The first-order valence-corrected chi connectivity index (χ1v) is 5.45. The van der Waals surface area contributed by atoms with E-state index >= 15 is 0 Å². The van der Waals surface area contributed by atoms with E-state index in [2.05, 4.69) is 10.3 Å². The van der Waals surface area contributed by atoms with E-state index < -0.39 is 0 Å². The molecule has 0 unspecified atom stereocenters. The largest absolute Gasteiger partial charge is 0.396 e. The number of hydrogen-bond acceptors (Lipinski definition) is 3. The number of aromatic nitrogens is 1. The minimum Gasteiger partial charge on any atom is -0.396 e. The molecule has 0 fully saturated rings. The maximum absolute atomic E-state index is 13.3. The molecule has 0 aliphatic carbocycles. The molecule has 0 atom stereocenters. The standard InChI is InChI=1S/C13H14FN3/c14-11-5-2-1-4-10(11)7-9-17-13-12(15)6-3-8-16-13/h1-6,8H,7,9,15H2,(H,16,17). The highest BCUT2D eigenvalue weighted by Crippen LogP contribution is 2.13. The summed E-state index contributed by atoms with van der Waals surface area (Å²) in [6.07, 6.45) is 2.27. The summed E-state index contributed by atoms with van der Waals surface area (Å²) in [4.78, 5) is 4.10. The molecule has 0 aliphatic rings. The fourth-order valence-corrected chi connectivity index (χ4v) is 1.58. The molecule has 17 heavy (non-hydrogen) atoms. The van der Waals surface area contributed by atoms with Gasteiger partial charge >= 0.3 is 0 Å².